The van der Waals surface area contributed by atoms with Crippen molar-refractivity contribution in [3.8, 4) is 11.5 Å². The molecule has 0 aliphatic heterocycles. The van der Waals surface area contributed by atoms with E-state index in [-0.39, 0.29) is 17.1 Å². The first-order valence-electron chi connectivity index (χ1n) is 10.9. The third kappa shape index (κ3) is 6.98. The lowest BCUT2D eigenvalue weighted by Gasteiger charge is -2.14. The van der Waals surface area contributed by atoms with Gasteiger partial charge in [0.2, 0.25) is 5.91 Å². The Kier molecular flexibility index (Phi) is 8.94. The molecule has 0 atom stereocenters. The highest BCUT2D eigenvalue weighted by Gasteiger charge is 2.19. The van der Waals surface area contributed by atoms with E-state index in [1.54, 1.807) is 61.5 Å². The van der Waals surface area contributed by atoms with Crippen LogP contribution >= 0.6 is 15.9 Å². The molecule has 0 bridgehead atoms. The summed E-state index contributed by atoms with van der Waals surface area (Å²) in [7, 11) is -2.46. The van der Waals surface area contributed by atoms with Gasteiger partial charge in [0.05, 0.1) is 35.3 Å². The van der Waals surface area contributed by atoms with E-state index in [2.05, 4.69) is 31.3 Å². The number of aryl methyl sites for hydroxylation is 1. The molecule has 3 aromatic rings. The molecule has 0 spiro atoms. The van der Waals surface area contributed by atoms with Crippen LogP contribution in [0.4, 0.5) is 11.4 Å². The average Bonchev–Trinajstić information content (AvgIpc) is 2.85. The molecular formula is C25H26BrN3O6S. The number of anilines is 2. The third-order valence-electron chi connectivity index (χ3n) is 4.99. The highest BCUT2D eigenvalue weighted by molar-refractivity contribution is 9.10. The summed E-state index contributed by atoms with van der Waals surface area (Å²) in [5, 5.41) is 5.14. The van der Waals surface area contributed by atoms with Gasteiger partial charge in [0.1, 0.15) is 11.5 Å². The van der Waals surface area contributed by atoms with E-state index in [1.165, 1.54) is 13.2 Å². The summed E-state index contributed by atoms with van der Waals surface area (Å²) in [6, 6.07) is 15.9. The highest BCUT2D eigenvalue weighted by atomic mass is 79.9. The van der Waals surface area contributed by atoms with Gasteiger partial charge in [-0.25, -0.2) is 8.42 Å². The number of carbonyl (C=O) groups is 2. The number of sulfonamides is 1. The van der Waals surface area contributed by atoms with E-state index in [4.69, 9.17) is 9.47 Å². The zero-order valence-corrected chi connectivity index (χ0v) is 22.3. The molecule has 0 aromatic heterocycles. The molecule has 0 aliphatic carbocycles. The van der Waals surface area contributed by atoms with Crippen LogP contribution in [0.3, 0.4) is 0 Å². The van der Waals surface area contributed by atoms with E-state index < -0.39 is 21.8 Å². The van der Waals surface area contributed by atoms with Crippen molar-refractivity contribution in [2.75, 3.05) is 30.3 Å². The Morgan fingerprint density at radius 2 is 1.75 bits per heavy atom. The highest BCUT2D eigenvalue weighted by Crippen LogP contribution is 2.30. The third-order valence-corrected chi connectivity index (χ3v) is 7.13. The van der Waals surface area contributed by atoms with Crippen LogP contribution < -0.4 is 24.8 Å². The summed E-state index contributed by atoms with van der Waals surface area (Å²) in [6.45, 7) is 3.69. The summed E-state index contributed by atoms with van der Waals surface area (Å²) in [5.74, 6) is 0.162. The minimum absolute atomic E-state index is 0.00530. The molecule has 3 aromatic carbocycles. The van der Waals surface area contributed by atoms with Gasteiger partial charge in [-0.3, -0.25) is 14.3 Å². The fourth-order valence-electron chi connectivity index (χ4n) is 3.25. The molecule has 3 rings (SSSR count). The molecule has 0 radical (unpaired) electrons. The summed E-state index contributed by atoms with van der Waals surface area (Å²) >= 11 is 3.37. The van der Waals surface area contributed by atoms with Crippen LogP contribution in [0.15, 0.2) is 70.0 Å². The Morgan fingerprint density at radius 3 is 2.44 bits per heavy atom. The second kappa shape index (κ2) is 11.9. The van der Waals surface area contributed by atoms with E-state index in [1.807, 2.05) is 6.92 Å². The van der Waals surface area contributed by atoms with Crippen molar-refractivity contribution >= 4 is 49.1 Å². The maximum absolute atomic E-state index is 13.1. The number of nitrogens with one attached hydrogen (secondary N) is 3. The maximum atomic E-state index is 13.1. The Labute approximate surface area is 218 Å². The van der Waals surface area contributed by atoms with Gasteiger partial charge in [0, 0.05) is 11.3 Å². The molecule has 0 aliphatic rings. The number of carbonyl (C=O) groups excluding carboxylic acids is 2. The minimum atomic E-state index is -3.96. The minimum Gasteiger partial charge on any atom is -0.497 e. The van der Waals surface area contributed by atoms with Crippen LogP contribution in [0.5, 0.6) is 11.5 Å². The summed E-state index contributed by atoms with van der Waals surface area (Å²) < 4.78 is 39.8. The summed E-state index contributed by atoms with van der Waals surface area (Å²) in [5.41, 5.74) is 1.46. The van der Waals surface area contributed by atoms with Gasteiger partial charge in [-0.2, -0.15) is 0 Å². The first-order chi connectivity index (χ1) is 17.1. The molecular weight excluding hydrogens is 550 g/mol. The zero-order chi connectivity index (χ0) is 26.3. The van der Waals surface area contributed by atoms with Crippen LogP contribution in [0, 0.1) is 6.92 Å². The Hall–Kier alpha value is -3.57. The van der Waals surface area contributed by atoms with Crippen LogP contribution in [0.25, 0.3) is 0 Å². The van der Waals surface area contributed by atoms with Crippen molar-refractivity contribution in [1.82, 2.24) is 5.32 Å². The molecule has 0 fully saturated rings. The Bertz CT molecular complexity index is 1380. The number of halogens is 1. The van der Waals surface area contributed by atoms with Gasteiger partial charge >= 0.3 is 0 Å². The molecule has 3 N–H and O–H groups in total. The van der Waals surface area contributed by atoms with Crippen molar-refractivity contribution in [1.29, 1.82) is 0 Å². The van der Waals surface area contributed by atoms with Crippen molar-refractivity contribution in [2.45, 2.75) is 18.7 Å². The van der Waals surface area contributed by atoms with Crippen LogP contribution in [-0.2, 0) is 14.8 Å². The molecule has 0 saturated carbocycles. The van der Waals surface area contributed by atoms with Gasteiger partial charge in [-0.15, -0.1) is 0 Å². The number of hydrogen-bond donors (Lipinski definition) is 3. The quantitative estimate of drug-likeness (QED) is 0.330. The monoisotopic (exact) mass is 575 g/mol. The molecule has 36 heavy (non-hydrogen) atoms. The molecule has 2 amide bonds. The zero-order valence-electron chi connectivity index (χ0n) is 19.9. The largest absolute Gasteiger partial charge is 0.497 e. The smallest absolute Gasteiger partial charge is 0.262 e. The number of ether oxygens (including phenoxy) is 2. The predicted octanol–water partition coefficient (Wildman–Crippen LogP) is 4.33. The molecule has 0 unspecified atom stereocenters. The second-order valence-electron chi connectivity index (χ2n) is 7.63. The van der Waals surface area contributed by atoms with Gasteiger partial charge in [0.25, 0.3) is 15.9 Å². The molecule has 9 nitrogen and oxygen atoms in total. The fraction of sp³-hybridized carbons (Fsp3) is 0.200. The van der Waals surface area contributed by atoms with Crippen LogP contribution in [0.2, 0.25) is 0 Å². The lowest BCUT2D eigenvalue weighted by Crippen LogP contribution is -2.32. The van der Waals surface area contributed by atoms with Crippen molar-refractivity contribution < 1.29 is 27.5 Å². The number of amides is 2. The van der Waals surface area contributed by atoms with Crippen molar-refractivity contribution in [3.05, 3.63) is 76.3 Å². The topological polar surface area (TPSA) is 123 Å². The second-order valence-corrected chi connectivity index (χ2v) is 10.1. The lowest BCUT2D eigenvalue weighted by atomic mass is 10.2. The van der Waals surface area contributed by atoms with Crippen molar-refractivity contribution in [2.24, 2.45) is 0 Å². The molecule has 190 valence electrons. The average molecular weight is 576 g/mol. The van der Waals surface area contributed by atoms with Crippen molar-refractivity contribution in [3.63, 3.8) is 0 Å². The maximum Gasteiger partial charge on any atom is 0.262 e. The van der Waals surface area contributed by atoms with Gasteiger partial charge in [-0.1, -0.05) is 12.1 Å². The lowest BCUT2D eigenvalue weighted by molar-refractivity contribution is -0.115. The Morgan fingerprint density at radius 1 is 1.00 bits per heavy atom. The first-order valence-corrected chi connectivity index (χ1v) is 13.2. The van der Waals surface area contributed by atoms with E-state index in [9.17, 15) is 18.0 Å². The first kappa shape index (κ1) is 27.0. The summed E-state index contributed by atoms with van der Waals surface area (Å²) in [6.07, 6.45) is 0. The number of hydrogen-bond acceptors (Lipinski definition) is 6. The van der Waals surface area contributed by atoms with Crippen LogP contribution in [-0.4, -0.2) is 40.5 Å². The molecule has 0 saturated heterocycles. The summed E-state index contributed by atoms with van der Waals surface area (Å²) in [4.78, 5) is 24.7. The molecule has 0 heterocycles. The number of benzene rings is 3. The van der Waals surface area contributed by atoms with Gasteiger partial charge in [0.15, 0.2) is 0 Å². The fourth-order valence-corrected chi connectivity index (χ4v) is 5.06. The standard InChI is InChI=1S/C25H26BrN3O6S/c1-4-35-22-11-10-19(13-21(22)26)29-36(32,33)23-14-18(9-8-16(23)2)28-24(30)15-27-25(31)17-6-5-7-20(12-17)34-3/h5-14,29H,4,15H2,1-3H3,(H,27,31)(H,28,30). The number of rotatable bonds is 10. The van der Waals surface area contributed by atoms with E-state index in [0.717, 1.165) is 0 Å². The molecule has 11 heteroatoms. The van der Waals surface area contributed by atoms with Gasteiger partial charge in [-0.05, 0) is 83.9 Å². The van der Waals surface area contributed by atoms with E-state index >= 15 is 0 Å². The van der Waals surface area contributed by atoms with Crippen LogP contribution in [0.1, 0.15) is 22.8 Å². The van der Waals surface area contributed by atoms with E-state index in [0.29, 0.717) is 39.4 Å². The predicted molar refractivity (Wildman–Crippen MR) is 141 cm³/mol. The Balaban J connectivity index is 1.68. The normalized spacial score (nSPS) is 10.9. The SMILES string of the molecule is CCOc1ccc(NS(=O)(=O)c2cc(NC(=O)CNC(=O)c3cccc(OC)c3)ccc2C)cc1Br. The van der Waals surface area contributed by atoms with Gasteiger partial charge < -0.3 is 20.1 Å². The number of methoxy groups -OCH3 is 1.